The van der Waals surface area contributed by atoms with Gasteiger partial charge >= 0.3 is 34.9 Å². The number of ketones is 1. The maximum atomic E-state index is 11.4. The van der Waals surface area contributed by atoms with E-state index in [0.29, 0.717) is 23.9 Å². The van der Waals surface area contributed by atoms with Crippen LogP contribution in [0, 0.1) is 0 Å². The molecule has 0 bridgehead atoms. The summed E-state index contributed by atoms with van der Waals surface area (Å²) < 4.78 is 36.0. The first-order chi connectivity index (χ1) is 9.26. The van der Waals surface area contributed by atoms with E-state index in [2.05, 4.69) is 0 Å². The second-order valence-electron chi connectivity index (χ2n) is 3.99. The minimum Gasteiger partial charge on any atom is -0.748 e. The van der Waals surface area contributed by atoms with Gasteiger partial charge in [-0.1, -0.05) is 12.1 Å². The Morgan fingerprint density at radius 2 is 1.81 bits per heavy atom. The van der Waals surface area contributed by atoms with Gasteiger partial charge in [0.2, 0.25) is 0 Å². The third-order valence-corrected chi connectivity index (χ3v) is 3.82. The summed E-state index contributed by atoms with van der Waals surface area (Å²) in [7, 11) is -4.32. The fourth-order valence-electron chi connectivity index (χ4n) is 1.32. The molecule has 0 spiro atoms. The topological polar surface area (TPSA) is 101 Å². The Hall–Kier alpha value is -0.380. The minimum atomic E-state index is -4.32. The van der Waals surface area contributed by atoms with Gasteiger partial charge in [0, 0.05) is 17.9 Å². The maximum Gasteiger partial charge on any atom is 1.00 e. The van der Waals surface area contributed by atoms with Gasteiger partial charge in [-0.2, -0.15) is 0 Å². The van der Waals surface area contributed by atoms with Crippen molar-refractivity contribution in [1.29, 1.82) is 0 Å². The van der Waals surface area contributed by atoms with Crippen LogP contribution in [0.4, 0.5) is 4.79 Å². The quantitative estimate of drug-likeness (QED) is 0.357. The van der Waals surface area contributed by atoms with Gasteiger partial charge in [-0.05, 0) is 36.4 Å². The number of rotatable bonds is 6. The monoisotopic (exact) mass is 340 g/mol. The number of ether oxygens (including phenoxy) is 1. The van der Waals surface area contributed by atoms with Crippen LogP contribution in [0.2, 0.25) is 0 Å². The summed E-state index contributed by atoms with van der Waals surface area (Å²) in [6, 6.07) is 6.41. The summed E-state index contributed by atoms with van der Waals surface area (Å²) >= 11 is 0.619. The number of benzene rings is 1. The van der Waals surface area contributed by atoms with Crippen molar-refractivity contribution in [3.8, 4) is 5.75 Å². The van der Waals surface area contributed by atoms with Crippen molar-refractivity contribution < 1.29 is 56.9 Å². The Bertz CT molecular complexity index is 582. The predicted molar refractivity (Wildman–Crippen MR) is 73.9 cm³/mol. The van der Waals surface area contributed by atoms with E-state index < -0.39 is 21.2 Å². The van der Waals surface area contributed by atoms with Crippen molar-refractivity contribution in [2.45, 2.75) is 13.3 Å². The Labute approximate surface area is 149 Å². The maximum absolute atomic E-state index is 11.4. The summed E-state index contributed by atoms with van der Waals surface area (Å²) in [5.74, 6) is -0.443. The first kappa shape index (κ1) is 20.6. The van der Waals surface area contributed by atoms with Gasteiger partial charge in [0.15, 0.2) is 0 Å². The van der Waals surface area contributed by atoms with Crippen LogP contribution in [0.1, 0.15) is 12.5 Å². The molecule has 0 heterocycles. The van der Waals surface area contributed by atoms with E-state index >= 15 is 0 Å². The van der Waals surface area contributed by atoms with Crippen molar-refractivity contribution >= 4 is 33.0 Å². The molecule has 1 rings (SSSR count). The third-order valence-electron chi connectivity index (χ3n) is 2.13. The van der Waals surface area contributed by atoms with E-state index in [1.807, 2.05) is 0 Å². The van der Waals surface area contributed by atoms with Crippen molar-refractivity contribution in [2.24, 2.45) is 0 Å². The molecule has 0 aromatic heterocycles. The van der Waals surface area contributed by atoms with Crippen molar-refractivity contribution in [3.63, 3.8) is 0 Å². The number of thioether (sulfide) groups is 1. The van der Waals surface area contributed by atoms with Crippen LogP contribution in [-0.2, 0) is 21.3 Å². The molecule has 0 aliphatic rings. The molecule has 0 aliphatic heterocycles. The van der Waals surface area contributed by atoms with Crippen LogP contribution >= 0.6 is 11.8 Å². The van der Waals surface area contributed by atoms with Gasteiger partial charge < -0.3 is 9.29 Å². The van der Waals surface area contributed by atoms with E-state index in [1.54, 1.807) is 24.3 Å². The SMILES string of the molecule is CC(=O)Cc1ccc(OC(=O)SCCS(=O)(=O)[O-])cc1.[Na+]. The predicted octanol–water partition coefficient (Wildman–Crippen LogP) is -1.40. The molecule has 0 unspecified atom stereocenters. The Kier molecular flexibility index (Phi) is 9.43. The third kappa shape index (κ3) is 10.0. The van der Waals surface area contributed by atoms with Crippen molar-refractivity contribution in [3.05, 3.63) is 29.8 Å². The van der Waals surface area contributed by atoms with Crippen molar-refractivity contribution in [1.82, 2.24) is 0 Å². The average Bonchev–Trinajstić information content (AvgIpc) is 2.29. The molecular weight excluding hydrogens is 327 g/mol. The molecule has 0 aliphatic carbocycles. The number of hydrogen-bond acceptors (Lipinski definition) is 7. The number of Topliss-reactive ketones (excluding diaryl/α,β-unsaturated/α-hetero) is 1. The van der Waals surface area contributed by atoms with Crippen LogP contribution < -0.4 is 34.3 Å². The molecule has 0 saturated carbocycles. The fourth-order valence-corrected chi connectivity index (χ4v) is 2.79. The molecule has 6 nitrogen and oxygen atoms in total. The van der Waals surface area contributed by atoms with Gasteiger partial charge in [-0.3, -0.25) is 4.79 Å². The first-order valence-electron chi connectivity index (χ1n) is 5.63. The van der Waals surface area contributed by atoms with Gasteiger partial charge in [-0.25, -0.2) is 13.2 Å². The summed E-state index contributed by atoms with van der Waals surface area (Å²) in [5, 5.41) is -0.687. The van der Waals surface area contributed by atoms with E-state index in [1.165, 1.54) is 6.92 Å². The standard InChI is InChI=1S/C12H14O6S2.Na/c1-9(13)8-10-2-4-11(5-3-10)18-12(14)19-6-7-20(15,16)17;/h2-5H,6-8H2,1H3,(H,15,16,17);/q;+1/p-1. The zero-order chi connectivity index (χ0) is 15.2. The molecule has 0 radical (unpaired) electrons. The smallest absolute Gasteiger partial charge is 0.748 e. The largest absolute Gasteiger partial charge is 1.00 e. The molecule has 1 aromatic carbocycles. The summed E-state index contributed by atoms with van der Waals surface area (Å²) in [6.45, 7) is 1.48. The van der Waals surface area contributed by atoms with Crippen LogP contribution in [0.5, 0.6) is 5.75 Å². The molecule has 1 aromatic rings. The average molecular weight is 340 g/mol. The van der Waals surface area contributed by atoms with Gasteiger partial charge in [0.1, 0.15) is 11.5 Å². The Morgan fingerprint density at radius 3 is 2.29 bits per heavy atom. The fraction of sp³-hybridized carbons (Fsp3) is 0.333. The summed E-state index contributed by atoms with van der Waals surface area (Å²) in [5.41, 5.74) is 0.808. The second kappa shape index (κ2) is 9.60. The molecule has 0 amide bonds. The Balaban J connectivity index is 0.00000400. The zero-order valence-corrected chi connectivity index (χ0v) is 15.3. The molecule has 110 valence electrons. The van der Waals surface area contributed by atoms with Crippen LogP contribution in [-0.4, -0.2) is 35.6 Å². The molecule has 21 heavy (non-hydrogen) atoms. The Morgan fingerprint density at radius 1 is 1.24 bits per heavy atom. The molecular formula is C12H13NaO6S2. The second-order valence-corrected chi connectivity index (χ2v) is 6.54. The number of hydrogen-bond donors (Lipinski definition) is 0. The first-order valence-corrected chi connectivity index (χ1v) is 8.19. The van der Waals surface area contributed by atoms with Crippen molar-refractivity contribution in [2.75, 3.05) is 11.5 Å². The normalized spacial score (nSPS) is 10.6. The molecule has 0 atom stereocenters. The van der Waals surface area contributed by atoms with Gasteiger partial charge in [0.05, 0.1) is 10.1 Å². The van der Waals surface area contributed by atoms with E-state index in [9.17, 15) is 22.6 Å². The van der Waals surface area contributed by atoms with Crippen LogP contribution in [0.25, 0.3) is 0 Å². The van der Waals surface area contributed by atoms with E-state index in [4.69, 9.17) is 4.74 Å². The molecule has 0 N–H and O–H groups in total. The number of carbonyl (C=O) groups excluding carboxylic acids is 2. The summed E-state index contributed by atoms with van der Waals surface area (Å²) in [4.78, 5) is 22.3. The minimum absolute atomic E-state index is 0. The van der Waals surface area contributed by atoms with E-state index in [0.717, 1.165) is 5.56 Å². The van der Waals surface area contributed by atoms with Gasteiger partial charge in [0.25, 0.3) is 0 Å². The van der Waals surface area contributed by atoms with Crippen LogP contribution in [0.3, 0.4) is 0 Å². The zero-order valence-electron chi connectivity index (χ0n) is 11.7. The van der Waals surface area contributed by atoms with Crippen LogP contribution in [0.15, 0.2) is 24.3 Å². The number of carbonyl (C=O) groups is 2. The van der Waals surface area contributed by atoms with Gasteiger partial charge in [-0.15, -0.1) is 0 Å². The molecule has 0 saturated heterocycles. The molecule has 0 fully saturated rings. The van der Waals surface area contributed by atoms with E-state index in [-0.39, 0.29) is 41.1 Å². The summed E-state index contributed by atoms with van der Waals surface area (Å²) in [6.07, 6.45) is 0.310. The molecule has 9 heteroatoms.